The molecule has 6 heteroatoms. The molecule has 0 aromatic rings. The van der Waals surface area contributed by atoms with Gasteiger partial charge in [-0.05, 0) is 19.3 Å². The average molecular weight is 236 g/mol. The second kappa shape index (κ2) is 4.94. The molecule has 1 aliphatic heterocycles. The molecule has 1 saturated heterocycles. The van der Waals surface area contributed by atoms with Crippen LogP contribution in [-0.4, -0.2) is 43.2 Å². The number of carboxylic acid groups (broad SMARTS) is 1. The van der Waals surface area contributed by atoms with Crippen molar-refractivity contribution in [3.63, 3.8) is 0 Å². The van der Waals surface area contributed by atoms with Crippen LogP contribution in [0.3, 0.4) is 0 Å². The van der Waals surface area contributed by atoms with Crippen LogP contribution in [0, 0.1) is 0 Å². The van der Waals surface area contributed by atoms with Gasteiger partial charge in [0.1, 0.15) is 0 Å². The van der Waals surface area contributed by atoms with Crippen LogP contribution in [-0.2, 0) is 19.4 Å². The van der Waals surface area contributed by atoms with Gasteiger partial charge in [-0.1, -0.05) is 6.92 Å². The van der Waals surface area contributed by atoms with Gasteiger partial charge in [0.05, 0.1) is 5.25 Å². The number of hydrogen-bond donors (Lipinski definition) is 1. The summed E-state index contributed by atoms with van der Waals surface area (Å²) in [7, 11) is -3.55. The fraction of sp³-hybridized carbons (Fsp3) is 0.889. The van der Waals surface area contributed by atoms with Gasteiger partial charge in [0.25, 0.3) is 0 Å². The number of hydrogen-bond acceptors (Lipinski definition) is 4. The summed E-state index contributed by atoms with van der Waals surface area (Å²) in [5.41, 5.74) is 0. The Labute approximate surface area is 89.3 Å². The highest BCUT2D eigenvalue weighted by atomic mass is 32.2. The van der Waals surface area contributed by atoms with E-state index in [-0.39, 0.29) is 6.42 Å². The van der Waals surface area contributed by atoms with E-state index in [2.05, 4.69) is 0 Å². The van der Waals surface area contributed by atoms with Crippen LogP contribution >= 0.6 is 0 Å². The average Bonchev–Trinajstić information content (AvgIpc) is 2.19. The van der Waals surface area contributed by atoms with Crippen LogP contribution < -0.4 is 0 Å². The lowest BCUT2D eigenvalue weighted by atomic mass is 10.2. The predicted molar refractivity (Wildman–Crippen MR) is 54.5 cm³/mol. The standard InChI is InChI=1S/C9H16O5S/c1-2-8(9(10)11)15(12,13)7-3-5-14-6-4-7/h7-8H,2-6H2,1H3,(H,10,11). The zero-order valence-electron chi connectivity index (χ0n) is 8.68. The molecule has 0 bridgehead atoms. The molecule has 0 aliphatic carbocycles. The smallest absolute Gasteiger partial charge is 0.321 e. The highest BCUT2D eigenvalue weighted by Crippen LogP contribution is 2.21. The molecular weight excluding hydrogens is 220 g/mol. The van der Waals surface area contributed by atoms with Crippen molar-refractivity contribution in [2.75, 3.05) is 13.2 Å². The van der Waals surface area contributed by atoms with Crippen molar-refractivity contribution in [1.82, 2.24) is 0 Å². The first kappa shape index (κ1) is 12.4. The molecule has 15 heavy (non-hydrogen) atoms. The maximum absolute atomic E-state index is 11.9. The van der Waals surface area contributed by atoms with Crippen molar-refractivity contribution in [2.24, 2.45) is 0 Å². The van der Waals surface area contributed by atoms with Crippen molar-refractivity contribution in [3.8, 4) is 0 Å². The molecule has 5 nitrogen and oxygen atoms in total. The van der Waals surface area contributed by atoms with Crippen LogP contribution in [0.4, 0.5) is 0 Å². The molecule has 1 heterocycles. The fourth-order valence-electron chi connectivity index (χ4n) is 1.78. The van der Waals surface area contributed by atoms with Crippen LogP contribution in [0.1, 0.15) is 26.2 Å². The first-order valence-corrected chi connectivity index (χ1v) is 6.64. The summed E-state index contributed by atoms with van der Waals surface area (Å²) in [5.74, 6) is -1.25. The SMILES string of the molecule is CCC(C(=O)O)S(=O)(=O)C1CCOCC1. The Kier molecular flexibility index (Phi) is 4.10. The molecular formula is C9H16O5S. The minimum atomic E-state index is -3.55. The lowest BCUT2D eigenvalue weighted by Gasteiger charge is -2.24. The van der Waals surface area contributed by atoms with Gasteiger partial charge in [-0.25, -0.2) is 8.42 Å². The van der Waals surface area contributed by atoms with Gasteiger partial charge < -0.3 is 9.84 Å². The third-order valence-electron chi connectivity index (χ3n) is 2.68. The summed E-state index contributed by atoms with van der Waals surface area (Å²) < 4.78 is 28.9. The monoisotopic (exact) mass is 236 g/mol. The van der Waals surface area contributed by atoms with Crippen molar-refractivity contribution in [1.29, 1.82) is 0 Å². The first-order valence-electron chi connectivity index (χ1n) is 5.03. The van der Waals surface area contributed by atoms with E-state index in [0.717, 1.165) is 0 Å². The summed E-state index contributed by atoms with van der Waals surface area (Å²) in [5, 5.41) is 7.02. The Bertz CT molecular complexity index is 315. The Morgan fingerprint density at radius 3 is 2.40 bits per heavy atom. The van der Waals surface area contributed by atoms with Gasteiger partial charge in [0.2, 0.25) is 0 Å². The van der Waals surface area contributed by atoms with E-state index in [4.69, 9.17) is 9.84 Å². The van der Waals surface area contributed by atoms with E-state index in [1.807, 2.05) is 0 Å². The van der Waals surface area contributed by atoms with Gasteiger partial charge in [0, 0.05) is 13.2 Å². The summed E-state index contributed by atoms with van der Waals surface area (Å²) in [4.78, 5) is 10.8. The second-order valence-corrected chi connectivity index (χ2v) is 6.05. The molecule has 1 aliphatic rings. The molecule has 1 unspecified atom stereocenters. The number of sulfone groups is 1. The molecule has 0 radical (unpaired) electrons. The lowest BCUT2D eigenvalue weighted by Crippen LogP contribution is -2.40. The van der Waals surface area contributed by atoms with Gasteiger partial charge >= 0.3 is 5.97 Å². The Hall–Kier alpha value is -0.620. The molecule has 1 atom stereocenters. The lowest BCUT2D eigenvalue weighted by molar-refractivity contribution is -0.136. The van der Waals surface area contributed by atoms with Crippen LogP contribution in [0.15, 0.2) is 0 Å². The summed E-state index contributed by atoms with van der Waals surface area (Å²) in [6.07, 6.45) is 0.938. The molecule has 1 fully saturated rings. The molecule has 1 rings (SSSR count). The molecule has 0 spiro atoms. The maximum Gasteiger partial charge on any atom is 0.321 e. The van der Waals surface area contributed by atoms with Gasteiger partial charge in [-0.15, -0.1) is 0 Å². The summed E-state index contributed by atoms with van der Waals surface area (Å²) >= 11 is 0. The number of ether oxygens (including phenoxy) is 1. The van der Waals surface area contributed by atoms with E-state index in [1.54, 1.807) is 6.92 Å². The van der Waals surface area contributed by atoms with Crippen molar-refractivity contribution < 1.29 is 23.1 Å². The Balaban J connectivity index is 2.84. The molecule has 0 aromatic heterocycles. The molecule has 0 amide bonds. The molecule has 0 aromatic carbocycles. The van der Waals surface area contributed by atoms with Crippen molar-refractivity contribution in [3.05, 3.63) is 0 Å². The van der Waals surface area contributed by atoms with Gasteiger partial charge in [0.15, 0.2) is 15.1 Å². The van der Waals surface area contributed by atoms with Crippen molar-refractivity contribution in [2.45, 2.75) is 36.7 Å². The first-order chi connectivity index (χ1) is 7.00. The van der Waals surface area contributed by atoms with E-state index in [0.29, 0.717) is 26.1 Å². The maximum atomic E-state index is 11.9. The third-order valence-corrected chi connectivity index (χ3v) is 5.40. The zero-order valence-corrected chi connectivity index (χ0v) is 9.50. The van der Waals surface area contributed by atoms with E-state index < -0.39 is 26.3 Å². The van der Waals surface area contributed by atoms with E-state index >= 15 is 0 Å². The van der Waals surface area contributed by atoms with Crippen LogP contribution in [0.5, 0.6) is 0 Å². The van der Waals surface area contributed by atoms with Gasteiger partial charge in [-0.2, -0.15) is 0 Å². The minimum Gasteiger partial charge on any atom is -0.480 e. The van der Waals surface area contributed by atoms with Gasteiger partial charge in [-0.3, -0.25) is 4.79 Å². The van der Waals surface area contributed by atoms with E-state index in [9.17, 15) is 13.2 Å². The normalized spacial score (nSPS) is 21.1. The largest absolute Gasteiger partial charge is 0.480 e. The summed E-state index contributed by atoms with van der Waals surface area (Å²) in [6.45, 7) is 2.38. The quantitative estimate of drug-likeness (QED) is 0.766. The highest BCUT2D eigenvalue weighted by Gasteiger charge is 2.38. The van der Waals surface area contributed by atoms with Crippen LogP contribution in [0.2, 0.25) is 0 Å². The number of aliphatic carboxylic acids is 1. The topological polar surface area (TPSA) is 80.7 Å². The highest BCUT2D eigenvalue weighted by molar-refractivity contribution is 7.93. The Morgan fingerprint density at radius 1 is 1.47 bits per heavy atom. The predicted octanol–water partition coefficient (Wildman–Crippen LogP) is 0.443. The van der Waals surface area contributed by atoms with E-state index in [1.165, 1.54) is 0 Å². The molecule has 1 N–H and O–H groups in total. The van der Waals surface area contributed by atoms with Crippen LogP contribution in [0.25, 0.3) is 0 Å². The number of carboxylic acids is 1. The summed E-state index contributed by atoms with van der Waals surface area (Å²) in [6, 6.07) is 0. The third kappa shape index (κ3) is 2.69. The molecule has 0 saturated carbocycles. The number of rotatable bonds is 4. The minimum absolute atomic E-state index is 0.120. The Morgan fingerprint density at radius 2 is 2.00 bits per heavy atom. The van der Waals surface area contributed by atoms with Crippen molar-refractivity contribution >= 4 is 15.8 Å². The number of carbonyl (C=O) groups is 1. The zero-order chi connectivity index (χ0) is 11.5. The second-order valence-electron chi connectivity index (χ2n) is 3.64. The molecule has 88 valence electrons. The fourth-order valence-corrected chi connectivity index (χ4v) is 3.84.